The highest BCUT2D eigenvalue weighted by Gasteiger charge is 2.13. The summed E-state index contributed by atoms with van der Waals surface area (Å²) in [7, 11) is -0.779. The van der Waals surface area contributed by atoms with E-state index in [1.165, 1.54) is 25.3 Å². The summed E-state index contributed by atoms with van der Waals surface area (Å²) in [5.74, 6) is 0. The molecule has 1 fully saturated rings. The van der Waals surface area contributed by atoms with Crippen LogP contribution in [0.1, 0.15) is 19.3 Å². The summed E-state index contributed by atoms with van der Waals surface area (Å²) < 4.78 is 0. The first-order chi connectivity index (χ1) is 4.58. The molecule has 0 aromatic rings. The first kappa shape index (κ1) is 8.06. The van der Waals surface area contributed by atoms with Crippen molar-refractivity contribution in [3.8, 4) is 0 Å². The average molecular weight is 154 g/mol. The fraction of sp³-hybridized carbons (Fsp3) is 0.778. The van der Waals surface area contributed by atoms with Crippen molar-refractivity contribution in [3.05, 3.63) is 11.6 Å². The van der Waals surface area contributed by atoms with Gasteiger partial charge in [0.15, 0.2) is 0 Å². The summed E-state index contributed by atoms with van der Waals surface area (Å²) in [6.45, 7) is 7.30. The first-order valence-corrected chi connectivity index (χ1v) is 7.96. The van der Waals surface area contributed by atoms with Gasteiger partial charge in [-0.2, -0.15) is 0 Å². The van der Waals surface area contributed by atoms with E-state index >= 15 is 0 Å². The van der Waals surface area contributed by atoms with E-state index in [0.717, 1.165) is 0 Å². The minimum atomic E-state index is -0.779. The van der Waals surface area contributed by atoms with Crippen LogP contribution in [-0.4, -0.2) is 8.07 Å². The van der Waals surface area contributed by atoms with Crippen LogP contribution >= 0.6 is 0 Å². The standard InChI is InChI=1S/C9H18Si/c1-10(2,3)8-7-9-5-4-6-9/h7H,4-6,8H2,1-3H3. The molecule has 0 N–H and O–H groups in total. The predicted octanol–water partition coefficient (Wildman–Crippen LogP) is 3.43. The van der Waals surface area contributed by atoms with Gasteiger partial charge in [-0.1, -0.05) is 31.3 Å². The third kappa shape index (κ3) is 2.69. The van der Waals surface area contributed by atoms with Crippen LogP contribution in [-0.2, 0) is 0 Å². The van der Waals surface area contributed by atoms with Gasteiger partial charge in [0.25, 0.3) is 0 Å². The Morgan fingerprint density at radius 3 is 2.20 bits per heavy atom. The first-order valence-electron chi connectivity index (χ1n) is 4.26. The van der Waals surface area contributed by atoms with Crippen LogP contribution in [0.2, 0.25) is 25.7 Å². The Labute approximate surface area is 65.3 Å². The molecule has 0 atom stereocenters. The lowest BCUT2D eigenvalue weighted by molar-refractivity contribution is 0.660. The normalized spacial score (nSPS) is 18.5. The van der Waals surface area contributed by atoms with Gasteiger partial charge >= 0.3 is 0 Å². The van der Waals surface area contributed by atoms with Gasteiger partial charge in [-0.05, 0) is 25.3 Å². The number of rotatable bonds is 2. The Morgan fingerprint density at radius 1 is 1.30 bits per heavy atom. The average Bonchev–Trinajstić information content (AvgIpc) is 1.56. The molecule has 0 nitrogen and oxygen atoms in total. The van der Waals surface area contributed by atoms with Crippen LogP contribution < -0.4 is 0 Å². The van der Waals surface area contributed by atoms with Gasteiger partial charge in [-0.25, -0.2) is 0 Å². The lowest BCUT2D eigenvalue weighted by Crippen LogP contribution is -2.18. The number of hydrogen-bond donors (Lipinski definition) is 0. The van der Waals surface area contributed by atoms with E-state index in [1.807, 2.05) is 0 Å². The van der Waals surface area contributed by atoms with Crippen molar-refractivity contribution in [2.75, 3.05) is 0 Å². The Balaban J connectivity index is 2.26. The van der Waals surface area contributed by atoms with E-state index in [0.29, 0.717) is 0 Å². The Kier molecular flexibility index (Phi) is 2.35. The molecule has 1 heteroatoms. The van der Waals surface area contributed by atoms with Crippen molar-refractivity contribution in [1.29, 1.82) is 0 Å². The third-order valence-corrected chi connectivity index (χ3v) is 3.43. The van der Waals surface area contributed by atoms with Crippen LogP contribution in [0.5, 0.6) is 0 Å². The summed E-state index contributed by atoms with van der Waals surface area (Å²) in [6, 6.07) is 1.39. The quantitative estimate of drug-likeness (QED) is 0.422. The van der Waals surface area contributed by atoms with Crippen molar-refractivity contribution in [2.45, 2.75) is 44.9 Å². The minimum Gasteiger partial charge on any atom is -0.0880 e. The summed E-state index contributed by atoms with van der Waals surface area (Å²) >= 11 is 0. The monoisotopic (exact) mass is 154 g/mol. The summed E-state index contributed by atoms with van der Waals surface area (Å²) in [5.41, 5.74) is 1.72. The second-order valence-corrected chi connectivity index (χ2v) is 10.0. The zero-order valence-corrected chi connectivity index (χ0v) is 8.41. The SMILES string of the molecule is C[Si](C)(C)CC=C1CCC1. The molecule has 0 spiro atoms. The molecule has 0 heterocycles. The highest BCUT2D eigenvalue weighted by Crippen LogP contribution is 2.26. The molecule has 0 aliphatic heterocycles. The van der Waals surface area contributed by atoms with E-state index in [-0.39, 0.29) is 0 Å². The Bertz CT molecular complexity index is 133. The van der Waals surface area contributed by atoms with Gasteiger partial charge < -0.3 is 0 Å². The van der Waals surface area contributed by atoms with Gasteiger partial charge in [-0.15, -0.1) is 0 Å². The minimum absolute atomic E-state index is 0.779. The molecule has 0 bridgehead atoms. The lowest BCUT2D eigenvalue weighted by atomic mass is 9.93. The molecule has 1 rings (SSSR count). The Morgan fingerprint density at radius 2 is 1.90 bits per heavy atom. The molecule has 1 aliphatic carbocycles. The molecular formula is C9H18Si. The maximum Gasteiger partial charge on any atom is 0.0480 e. The second kappa shape index (κ2) is 2.91. The van der Waals surface area contributed by atoms with Crippen molar-refractivity contribution < 1.29 is 0 Å². The zero-order chi connectivity index (χ0) is 7.61. The Hall–Kier alpha value is -0.0431. The summed E-state index contributed by atoms with van der Waals surface area (Å²) in [4.78, 5) is 0. The third-order valence-electron chi connectivity index (χ3n) is 2.00. The van der Waals surface area contributed by atoms with E-state index in [9.17, 15) is 0 Å². The highest BCUT2D eigenvalue weighted by atomic mass is 28.3. The molecule has 58 valence electrons. The summed E-state index contributed by atoms with van der Waals surface area (Å²) in [5, 5.41) is 0. The van der Waals surface area contributed by atoms with Crippen LogP contribution in [0.3, 0.4) is 0 Å². The molecule has 0 saturated heterocycles. The summed E-state index contributed by atoms with van der Waals surface area (Å²) in [6.07, 6.45) is 6.72. The molecule has 0 radical (unpaired) electrons. The van der Waals surface area contributed by atoms with Gasteiger partial charge in [0.2, 0.25) is 0 Å². The van der Waals surface area contributed by atoms with Gasteiger partial charge in [0.1, 0.15) is 0 Å². The van der Waals surface area contributed by atoms with E-state index in [1.54, 1.807) is 5.57 Å². The van der Waals surface area contributed by atoms with E-state index in [4.69, 9.17) is 0 Å². The molecule has 0 amide bonds. The molecule has 1 saturated carbocycles. The van der Waals surface area contributed by atoms with E-state index < -0.39 is 8.07 Å². The second-order valence-electron chi connectivity index (χ2n) is 4.48. The predicted molar refractivity (Wildman–Crippen MR) is 50.1 cm³/mol. The maximum absolute atomic E-state index is 2.50. The maximum atomic E-state index is 2.50. The highest BCUT2D eigenvalue weighted by molar-refractivity contribution is 6.76. The fourth-order valence-electron chi connectivity index (χ4n) is 1.04. The molecule has 10 heavy (non-hydrogen) atoms. The van der Waals surface area contributed by atoms with E-state index in [2.05, 4.69) is 25.7 Å². The fourth-order valence-corrected chi connectivity index (χ4v) is 1.94. The van der Waals surface area contributed by atoms with Crippen molar-refractivity contribution in [2.24, 2.45) is 0 Å². The van der Waals surface area contributed by atoms with Gasteiger partial charge in [0, 0.05) is 8.07 Å². The number of allylic oxidation sites excluding steroid dienone is 2. The van der Waals surface area contributed by atoms with Crippen molar-refractivity contribution in [1.82, 2.24) is 0 Å². The van der Waals surface area contributed by atoms with Crippen molar-refractivity contribution in [3.63, 3.8) is 0 Å². The zero-order valence-electron chi connectivity index (χ0n) is 7.41. The van der Waals surface area contributed by atoms with Crippen LogP contribution in [0.15, 0.2) is 11.6 Å². The van der Waals surface area contributed by atoms with Gasteiger partial charge in [0.05, 0.1) is 0 Å². The molecule has 0 aromatic carbocycles. The lowest BCUT2D eigenvalue weighted by Gasteiger charge is -2.19. The molecular weight excluding hydrogens is 136 g/mol. The van der Waals surface area contributed by atoms with Crippen LogP contribution in [0.25, 0.3) is 0 Å². The van der Waals surface area contributed by atoms with Crippen LogP contribution in [0.4, 0.5) is 0 Å². The molecule has 0 unspecified atom stereocenters. The van der Waals surface area contributed by atoms with Gasteiger partial charge in [-0.3, -0.25) is 0 Å². The molecule has 1 aliphatic rings. The topological polar surface area (TPSA) is 0 Å². The largest absolute Gasteiger partial charge is 0.0880 e. The van der Waals surface area contributed by atoms with Crippen molar-refractivity contribution >= 4 is 8.07 Å². The smallest absolute Gasteiger partial charge is 0.0480 e. The molecule has 0 aromatic heterocycles. The van der Waals surface area contributed by atoms with Crippen LogP contribution in [0, 0.1) is 0 Å². The number of hydrogen-bond acceptors (Lipinski definition) is 0.